The smallest absolute Gasteiger partial charge is 0.231 e. The monoisotopic (exact) mass is 298 g/mol. The number of nitrogens with zero attached hydrogens (tertiary/aromatic N) is 5. The maximum Gasteiger partial charge on any atom is 0.231 e. The van der Waals surface area contributed by atoms with Gasteiger partial charge < -0.3 is 10.2 Å². The van der Waals surface area contributed by atoms with Crippen molar-refractivity contribution in [2.45, 2.75) is 33.2 Å². The van der Waals surface area contributed by atoms with Crippen molar-refractivity contribution < 1.29 is 0 Å². The third-order valence-electron chi connectivity index (χ3n) is 3.46. The van der Waals surface area contributed by atoms with Gasteiger partial charge >= 0.3 is 0 Å². The third kappa shape index (κ3) is 3.93. The van der Waals surface area contributed by atoms with Crippen LogP contribution in [0.5, 0.6) is 0 Å². The van der Waals surface area contributed by atoms with E-state index in [1.165, 1.54) is 0 Å². The molecule has 0 radical (unpaired) electrons. The molecule has 1 N–H and O–H groups in total. The topological polar surface area (TPSA) is 57.2 Å². The highest BCUT2D eigenvalue weighted by Crippen LogP contribution is 2.16. The molecule has 2 heterocycles. The van der Waals surface area contributed by atoms with Crippen molar-refractivity contribution in [3.8, 4) is 0 Å². The van der Waals surface area contributed by atoms with Gasteiger partial charge in [-0.1, -0.05) is 6.92 Å². The SMILES string of the molecule is CCCNc1nc(Cl)nc(N2CCN(C(C)C)CC2)n1. The zero-order valence-electron chi connectivity index (χ0n) is 12.4. The number of hydrogen-bond acceptors (Lipinski definition) is 6. The summed E-state index contributed by atoms with van der Waals surface area (Å²) >= 11 is 5.99. The van der Waals surface area contributed by atoms with Gasteiger partial charge in [-0.3, -0.25) is 4.90 Å². The fraction of sp³-hybridized carbons (Fsp3) is 0.769. The normalized spacial score (nSPS) is 16.8. The summed E-state index contributed by atoms with van der Waals surface area (Å²) in [6.45, 7) is 11.3. The standard InChI is InChI=1S/C13H23ClN6/c1-4-5-15-12-16-11(14)17-13(18-12)20-8-6-19(7-9-20)10(2)3/h10H,4-9H2,1-3H3,(H,15,16,17,18). The number of halogens is 1. The van der Waals surface area contributed by atoms with Crippen molar-refractivity contribution in [3.05, 3.63) is 5.28 Å². The molecule has 112 valence electrons. The van der Waals surface area contributed by atoms with Crippen LogP contribution in [-0.4, -0.2) is 58.6 Å². The number of anilines is 2. The summed E-state index contributed by atoms with van der Waals surface area (Å²) in [6, 6.07) is 0.584. The van der Waals surface area contributed by atoms with Crippen molar-refractivity contribution >= 4 is 23.5 Å². The molecule has 0 bridgehead atoms. The van der Waals surface area contributed by atoms with Gasteiger partial charge in [-0.2, -0.15) is 15.0 Å². The highest BCUT2D eigenvalue weighted by Gasteiger charge is 2.21. The van der Waals surface area contributed by atoms with Gasteiger partial charge in [0, 0.05) is 38.8 Å². The number of hydrogen-bond donors (Lipinski definition) is 1. The molecule has 20 heavy (non-hydrogen) atoms. The van der Waals surface area contributed by atoms with Crippen LogP contribution in [0.3, 0.4) is 0 Å². The molecular formula is C13H23ClN6. The Hall–Kier alpha value is -1.14. The van der Waals surface area contributed by atoms with Crippen LogP contribution in [-0.2, 0) is 0 Å². The predicted molar refractivity (Wildman–Crippen MR) is 82.5 cm³/mol. The minimum Gasteiger partial charge on any atom is -0.354 e. The fourth-order valence-electron chi connectivity index (χ4n) is 2.24. The van der Waals surface area contributed by atoms with Crippen LogP contribution in [0.2, 0.25) is 5.28 Å². The Morgan fingerprint density at radius 2 is 1.85 bits per heavy atom. The molecule has 0 unspecified atom stereocenters. The molecule has 0 aliphatic carbocycles. The van der Waals surface area contributed by atoms with Crippen LogP contribution in [0, 0.1) is 0 Å². The summed E-state index contributed by atoms with van der Waals surface area (Å²) in [5, 5.41) is 3.41. The maximum atomic E-state index is 5.99. The van der Waals surface area contributed by atoms with Gasteiger partial charge in [-0.15, -0.1) is 0 Å². The minimum absolute atomic E-state index is 0.250. The van der Waals surface area contributed by atoms with E-state index in [0.29, 0.717) is 17.9 Å². The second-order valence-corrected chi connectivity index (χ2v) is 5.61. The molecule has 0 aromatic carbocycles. The molecule has 0 atom stereocenters. The largest absolute Gasteiger partial charge is 0.354 e. The first-order valence-corrected chi connectivity index (χ1v) is 7.62. The van der Waals surface area contributed by atoms with Crippen LogP contribution in [0.1, 0.15) is 27.2 Å². The van der Waals surface area contributed by atoms with E-state index in [1.54, 1.807) is 0 Å². The van der Waals surface area contributed by atoms with E-state index < -0.39 is 0 Å². The average molecular weight is 299 g/mol. The highest BCUT2D eigenvalue weighted by molar-refractivity contribution is 6.28. The van der Waals surface area contributed by atoms with Crippen LogP contribution in [0.15, 0.2) is 0 Å². The number of piperazine rings is 1. The summed E-state index contributed by atoms with van der Waals surface area (Å²) < 4.78 is 0. The quantitative estimate of drug-likeness (QED) is 0.896. The number of aromatic nitrogens is 3. The average Bonchev–Trinajstić information content (AvgIpc) is 2.44. The van der Waals surface area contributed by atoms with Crippen LogP contribution in [0.25, 0.3) is 0 Å². The van der Waals surface area contributed by atoms with E-state index in [4.69, 9.17) is 11.6 Å². The summed E-state index contributed by atoms with van der Waals surface area (Å²) in [6.07, 6.45) is 1.02. The van der Waals surface area contributed by atoms with Gasteiger partial charge in [-0.25, -0.2) is 0 Å². The zero-order chi connectivity index (χ0) is 14.5. The lowest BCUT2D eigenvalue weighted by atomic mass is 10.2. The molecule has 1 fully saturated rings. The fourth-order valence-corrected chi connectivity index (χ4v) is 2.39. The van der Waals surface area contributed by atoms with Crippen molar-refractivity contribution in [1.29, 1.82) is 0 Å². The van der Waals surface area contributed by atoms with E-state index in [2.05, 4.69) is 50.8 Å². The zero-order valence-corrected chi connectivity index (χ0v) is 13.2. The molecule has 1 saturated heterocycles. The van der Waals surface area contributed by atoms with E-state index in [9.17, 15) is 0 Å². The van der Waals surface area contributed by atoms with Gasteiger partial charge in [0.1, 0.15) is 0 Å². The van der Waals surface area contributed by atoms with Gasteiger partial charge in [0.15, 0.2) is 0 Å². The molecule has 1 aromatic heterocycles. The van der Waals surface area contributed by atoms with Gasteiger partial charge in [-0.05, 0) is 31.9 Å². The third-order valence-corrected chi connectivity index (χ3v) is 3.63. The number of rotatable bonds is 5. The van der Waals surface area contributed by atoms with E-state index in [-0.39, 0.29) is 5.28 Å². The Kier molecular flexibility index (Phi) is 5.37. The van der Waals surface area contributed by atoms with Crippen molar-refractivity contribution in [2.24, 2.45) is 0 Å². The van der Waals surface area contributed by atoms with Gasteiger partial charge in [0.2, 0.25) is 17.2 Å². The molecule has 6 nitrogen and oxygen atoms in total. The second-order valence-electron chi connectivity index (χ2n) is 5.27. The van der Waals surface area contributed by atoms with Crippen molar-refractivity contribution in [2.75, 3.05) is 42.9 Å². The van der Waals surface area contributed by atoms with Crippen LogP contribution in [0.4, 0.5) is 11.9 Å². The predicted octanol–water partition coefficient (Wildman–Crippen LogP) is 1.88. The first-order valence-electron chi connectivity index (χ1n) is 7.24. The molecule has 1 aliphatic rings. The van der Waals surface area contributed by atoms with E-state index >= 15 is 0 Å². The molecule has 1 aromatic rings. The Balaban J connectivity index is 2.03. The number of nitrogens with one attached hydrogen (secondary N) is 1. The first kappa shape index (κ1) is 15.3. The molecule has 1 aliphatic heterocycles. The Morgan fingerprint density at radius 3 is 2.45 bits per heavy atom. The Bertz CT molecular complexity index is 431. The molecule has 7 heteroatoms. The van der Waals surface area contributed by atoms with E-state index in [0.717, 1.165) is 39.1 Å². The van der Waals surface area contributed by atoms with Crippen LogP contribution >= 0.6 is 11.6 Å². The molecule has 2 rings (SSSR count). The lowest BCUT2D eigenvalue weighted by Gasteiger charge is -2.36. The van der Waals surface area contributed by atoms with Crippen molar-refractivity contribution in [3.63, 3.8) is 0 Å². The lowest BCUT2D eigenvalue weighted by molar-refractivity contribution is 0.208. The van der Waals surface area contributed by atoms with Crippen LogP contribution < -0.4 is 10.2 Å². The molecular weight excluding hydrogens is 276 g/mol. The van der Waals surface area contributed by atoms with E-state index in [1.807, 2.05) is 0 Å². The first-order chi connectivity index (χ1) is 9.60. The van der Waals surface area contributed by atoms with Gasteiger partial charge in [0.25, 0.3) is 0 Å². The summed E-state index contributed by atoms with van der Waals surface area (Å²) in [5.74, 6) is 1.24. The van der Waals surface area contributed by atoms with Crippen molar-refractivity contribution in [1.82, 2.24) is 19.9 Å². The lowest BCUT2D eigenvalue weighted by Crippen LogP contribution is -2.49. The summed E-state index contributed by atoms with van der Waals surface area (Å²) in [4.78, 5) is 17.4. The molecule has 0 spiro atoms. The molecule has 0 saturated carbocycles. The summed E-state index contributed by atoms with van der Waals surface area (Å²) in [5.41, 5.74) is 0. The Labute approximate surface area is 125 Å². The summed E-state index contributed by atoms with van der Waals surface area (Å²) in [7, 11) is 0. The second kappa shape index (κ2) is 7.04. The maximum absolute atomic E-state index is 5.99. The Morgan fingerprint density at radius 1 is 1.15 bits per heavy atom. The molecule has 0 amide bonds. The van der Waals surface area contributed by atoms with Gasteiger partial charge in [0.05, 0.1) is 0 Å². The highest BCUT2D eigenvalue weighted by atomic mass is 35.5. The minimum atomic E-state index is 0.250.